The minimum absolute atomic E-state index is 0.141. The van der Waals surface area contributed by atoms with E-state index in [-0.39, 0.29) is 5.76 Å². The predicted octanol–water partition coefficient (Wildman–Crippen LogP) is 2.36. The van der Waals surface area contributed by atoms with Gasteiger partial charge in [-0.2, -0.15) is 0 Å². The zero-order valence-corrected chi connectivity index (χ0v) is 7.73. The summed E-state index contributed by atoms with van der Waals surface area (Å²) in [5, 5.41) is 0. The van der Waals surface area contributed by atoms with Crippen LogP contribution in [0.2, 0.25) is 0 Å². The molecule has 0 aromatic carbocycles. The molecule has 1 aromatic rings. The summed E-state index contributed by atoms with van der Waals surface area (Å²) in [5.74, 6) is 0.141. The molecule has 1 saturated carbocycles. The Morgan fingerprint density at radius 1 is 1.50 bits per heavy atom. The van der Waals surface area contributed by atoms with Crippen LogP contribution in [0, 0.1) is 0 Å². The molecule has 1 fully saturated rings. The summed E-state index contributed by atoms with van der Waals surface area (Å²) >= 11 is 3.11. The lowest BCUT2D eigenvalue weighted by molar-refractivity contribution is 0.249. The third-order valence-corrected chi connectivity index (χ3v) is 2.32. The fourth-order valence-electron chi connectivity index (χ4n) is 1.02. The lowest BCUT2D eigenvalue weighted by atomic mass is 10.2. The molecule has 12 heavy (non-hydrogen) atoms. The summed E-state index contributed by atoms with van der Waals surface area (Å²) in [5.41, 5.74) is -1.88. The maximum atomic E-state index is 13.3. The van der Waals surface area contributed by atoms with Crippen molar-refractivity contribution < 1.29 is 8.81 Å². The van der Waals surface area contributed by atoms with Crippen molar-refractivity contribution in [1.29, 1.82) is 0 Å². The standard InChI is InChI=1S/C8H6BrFO2/c9-5-3-6(8(10)1-2-8)12-7(11)4-5/h3-4H,1-2H2. The summed E-state index contributed by atoms with van der Waals surface area (Å²) in [6.07, 6.45) is 0.902. The summed E-state index contributed by atoms with van der Waals surface area (Å²) < 4.78 is 18.6. The van der Waals surface area contributed by atoms with E-state index in [0.29, 0.717) is 17.3 Å². The minimum atomic E-state index is -1.37. The zero-order chi connectivity index (χ0) is 8.77. The molecule has 1 aromatic heterocycles. The fraction of sp³-hybridized carbons (Fsp3) is 0.375. The molecule has 0 unspecified atom stereocenters. The largest absolute Gasteiger partial charge is 0.424 e. The van der Waals surface area contributed by atoms with Gasteiger partial charge in [0, 0.05) is 10.5 Å². The normalized spacial score (nSPS) is 19.2. The Bertz CT molecular complexity index is 368. The summed E-state index contributed by atoms with van der Waals surface area (Å²) in [7, 11) is 0. The molecule has 2 nitrogen and oxygen atoms in total. The number of alkyl halides is 1. The molecule has 4 heteroatoms. The van der Waals surface area contributed by atoms with E-state index < -0.39 is 11.3 Å². The highest BCUT2D eigenvalue weighted by Gasteiger charge is 2.47. The van der Waals surface area contributed by atoms with Gasteiger partial charge in [0.1, 0.15) is 5.76 Å². The van der Waals surface area contributed by atoms with E-state index in [1.807, 2.05) is 0 Å². The van der Waals surface area contributed by atoms with E-state index in [1.165, 1.54) is 12.1 Å². The van der Waals surface area contributed by atoms with Crippen LogP contribution in [0.4, 0.5) is 4.39 Å². The fourth-order valence-corrected chi connectivity index (χ4v) is 1.42. The second kappa shape index (κ2) is 2.42. The Kier molecular flexibility index (Phi) is 1.61. The van der Waals surface area contributed by atoms with Crippen LogP contribution in [-0.4, -0.2) is 0 Å². The topological polar surface area (TPSA) is 30.2 Å². The van der Waals surface area contributed by atoms with Crippen molar-refractivity contribution in [2.75, 3.05) is 0 Å². The average Bonchev–Trinajstić information content (AvgIpc) is 2.67. The molecule has 0 atom stereocenters. The number of hydrogen-bond acceptors (Lipinski definition) is 2. The first-order valence-electron chi connectivity index (χ1n) is 3.60. The number of hydrogen-bond donors (Lipinski definition) is 0. The lowest BCUT2D eigenvalue weighted by Gasteiger charge is -2.01. The molecule has 1 aliphatic carbocycles. The summed E-state index contributed by atoms with van der Waals surface area (Å²) in [4.78, 5) is 10.8. The van der Waals surface area contributed by atoms with Crippen molar-refractivity contribution in [3.63, 3.8) is 0 Å². The molecule has 0 spiro atoms. The Morgan fingerprint density at radius 3 is 2.67 bits per heavy atom. The Hall–Kier alpha value is -0.640. The number of rotatable bonds is 1. The van der Waals surface area contributed by atoms with Gasteiger partial charge in [0.25, 0.3) is 0 Å². The monoisotopic (exact) mass is 232 g/mol. The van der Waals surface area contributed by atoms with Crippen LogP contribution in [0.5, 0.6) is 0 Å². The summed E-state index contributed by atoms with van der Waals surface area (Å²) in [6, 6.07) is 2.78. The van der Waals surface area contributed by atoms with Crippen LogP contribution in [0.1, 0.15) is 18.6 Å². The van der Waals surface area contributed by atoms with E-state index in [2.05, 4.69) is 15.9 Å². The van der Waals surface area contributed by atoms with Crippen molar-refractivity contribution in [2.24, 2.45) is 0 Å². The SMILES string of the molecule is O=c1cc(Br)cc(C2(F)CC2)o1. The highest BCUT2D eigenvalue weighted by Crippen LogP contribution is 2.49. The van der Waals surface area contributed by atoms with Gasteiger partial charge in [-0.15, -0.1) is 0 Å². The van der Waals surface area contributed by atoms with Crippen LogP contribution < -0.4 is 5.63 Å². The quantitative estimate of drug-likeness (QED) is 0.745. The molecule has 0 bridgehead atoms. The molecular weight excluding hydrogens is 227 g/mol. The second-order valence-electron chi connectivity index (χ2n) is 2.92. The first-order valence-corrected chi connectivity index (χ1v) is 4.40. The molecule has 0 aliphatic heterocycles. The van der Waals surface area contributed by atoms with Gasteiger partial charge in [-0.1, -0.05) is 15.9 Å². The van der Waals surface area contributed by atoms with Crippen LogP contribution in [-0.2, 0) is 5.67 Å². The highest BCUT2D eigenvalue weighted by molar-refractivity contribution is 9.10. The maximum Gasteiger partial charge on any atom is 0.337 e. The van der Waals surface area contributed by atoms with Crippen molar-refractivity contribution in [1.82, 2.24) is 0 Å². The van der Waals surface area contributed by atoms with Gasteiger partial charge >= 0.3 is 5.63 Å². The molecule has 0 N–H and O–H groups in total. The first-order chi connectivity index (χ1) is 5.60. The molecule has 0 saturated heterocycles. The first kappa shape index (κ1) is 7.98. The van der Waals surface area contributed by atoms with Crippen LogP contribution in [0.25, 0.3) is 0 Å². The van der Waals surface area contributed by atoms with E-state index >= 15 is 0 Å². The van der Waals surface area contributed by atoms with Crippen molar-refractivity contribution in [2.45, 2.75) is 18.5 Å². The van der Waals surface area contributed by atoms with Crippen molar-refractivity contribution in [3.05, 3.63) is 32.8 Å². The molecule has 1 heterocycles. The third kappa shape index (κ3) is 1.31. The third-order valence-electron chi connectivity index (χ3n) is 1.87. The van der Waals surface area contributed by atoms with Gasteiger partial charge in [-0.3, -0.25) is 0 Å². The van der Waals surface area contributed by atoms with Crippen molar-refractivity contribution in [3.8, 4) is 0 Å². The zero-order valence-electron chi connectivity index (χ0n) is 6.14. The van der Waals surface area contributed by atoms with Crippen molar-refractivity contribution >= 4 is 15.9 Å². The van der Waals surface area contributed by atoms with Gasteiger partial charge in [-0.05, 0) is 18.9 Å². The lowest BCUT2D eigenvalue weighted by Crippen LogP contribution is -2.05. The molecule has 64 valence electrons. The van der Waals surface area contributed by atoms with E-state index in [0.717, 1.165) is 0 Å². The average molecular weight is 233 g/mol. The Balaban J connectivity index is 2.51. The Morgan fingerprint density at radius 2 is 2.17 bits per heavy atom. The summed E-state index contributed by atoms with van der Waals surface area (Å²) in [6.45, 7) is 0. The number of halogens is 2. The van der Waals surface area contributed by atoms with Gasteiger partial charge in [-0.25, -0.2) is 9.18 Å². The second-order valence-corrected chi connectivity index (χ2v) is 3.84. The molecule has 1 aliphatic rings. The van der Waals surface area contributed by atoms with Gasteiger partial charge in [0.15, 0.2) is 5.67 Å². The van der Waals surface area contributed by atoms with Gasteiger partial charge in [0.05, 0.1) is 0 Å². The highest BCUT2D eigenvalue weighted by atomic mass is 79.9. The molecule has 2 rings (SSSR count). The van der Waals surface area contributed by atoms with E-state index in [4.69, 9.17) is 4.42 Å². The van der Waals surface area contributed by atoms with Gasteiger partial charge < -0.3 is 4.42 Å². The van der Waals surface area contributed by atoms with E-state index in [9.17, 15) is 9.18 Å². The minimum Gasteiger partial charge on any atom is -0.424 e. The maximum absolute atomic E-state index is 13.3. The van der Waals surface area contributed by atoms with Crippen LogP contribution in [0.15, 0.2) is 25.8 Å². The van der Waals surface area contributed by atoms with E-state index in [1.54, 1.807) is 0 Å². The smallest absolute Gasteiger partial charge is 0.337 e. The van der Waals surface area contributed by atoms with Gasteiger partial charge in [0.2, 0.25) is 0 Å². The predicted molar refractivity (Wildman–Crippen MR) is 44.7 cm³/mol. The van der Waals surface area contributed by atoms with Crippen LogP contribution in [0.3, 0.4) is 0 Å². The molecule has 0 radical (unpaired) electrons. The molecule has 0 amide bonds. The molecular formula is C8H6BrFO2. The van der Waals surface area contributed by atoms with Crippen LogP contribution >= 0.6 is 15.9 Å². The Labute approximate surface area is 76.5 Å².